The van der Waals surface area contributed by atoms with Gasteiger partial charge in [-0.1, -0.05) is 6.07 Å². The van der Waals surface area contributed by atoms with Gasteiger partial charge < -0.3 is 20.7 Å². The molecule has 6 nitrogen and oxygen atoms in total. The van der Waals surface area contributed by atoms with Crippen molar-refractivity contribution in [2.24, 2.45) is 11.7 Å². The van der Waals surface area contributed by atoms with Gasteiger partial charge >= 0.3 is 0 Å². The van der Waals surface area contributed by atoms with E-state index in [4.69, 9.17) is 10.5 Å². The van der Waals surface area contributed by atoms with Crippen LogP contribution in [0.4, 0.5) is 5.82 Å². The molecule has 1 amide bonds. The summed E-state index contributed by atoms with van der Waals surface area (Å²) in [6.45, 7) is 2.75. The molecule has 1 aromatic rings. The highest BCUT2D eigenvalue weighted by molar-refractivity contribution is 5.80. The highest BCUT2D eigenvalue weighted by Crippen LogP contribution is 2.18. The van der Waals surface area contributed by atoms with Gasteiger partial charge in [0.1, 0.15) is 5.82 Å². The minimum absolute atomic E-state index is 0.0382. The molecule has 2 fully saturated rings. The van der Waals surface area contributed by atoms with Crippen molar-refractivity contribution in [1.29, 1.82) is 0 Å². The van der Waals surface area contributed by atoms with Gasteiger partial charge in [0.25, 0.3) is 0 Å². The van der Waals surface area contributed by atoms with Crippen molar-refractivity contribution in [2.45, 2.75) is 24.9 Å². The van der Waals surface area contributed by atoms with Crippen LogP contribution in [0.25, 0.3) is 0 Å². The van der Waals surface area contributed by atoms with Gasteiger partial charge in [-0.3, -0.25) is 4.79 Å². The van der Waals surface area contributed by atoms with Crippen molar-refractivity contribution >= 4 is 11.7 Å². The van der Waals surface area contributed by atoms with Crippen molar-refractivity contribution in [3.63, 3.8) is 0 Å². The molecule has 3 rings (SSSR count). The SMILES string of the molecule is NC1COCC1C(=O)NC1CCN(c2ccccn2)CC1. The van der Waals surface area contributed by atoms with E-state index in [2.05, 4.69) is 15.2 Å². The fraction of sp³-hybridized carbons (Fsp3) is 0.600. The predicted molar refractivity (Wildman–Crippen MR) is 79.9 cm³/mol. The summed E-state index contributed by atoms with van der Waals surface area (Å²) < 4.78 is 5.25. The summed E-state index contributed by atoms with van der Waals surface area (Å²) in [5.41, 5.74) is 5.88. The van der Waals surface area contributed by atoms with Crippen molar-refractivity contribution < 1.29 is 9.53 Å². The molecule has 0 spiro atoms. The molecule has 0 aromatic carbocycles. The molecule has 2 aliphatic heterocycles. The molecule has 3 N–H and O–H groups in total. The van der Waals surface area contributed by atoms with Gasteiger partial charge in [0.2, 0.25) is 5.91 Å². The summed E-state index contributed by atoms with van der Waals surface area (Å²) in [6.07, 6.45) is 3.68. The zero-order chi connectivity index (χ0) is 14.7. The number of anilines is 1. The Morgan fingerprint density at radius 3 is 2.76 bits per heavy atom. The average molecular weight is 290 g/mol. The Bertz CT molecular complexity index is 474. The zero-order valence-electron chi connectivity index (χ0n) is 12.1. The Balaban J connectivity index is 1.49. The van der Waals surface area contributed by atoms with E-state index in [0.29, 0.717) is 13.2 Å². The Kier molecular flexibility index (Phi) is 4.36. The van der Waals surface area contributed by atoms with E-state index in [1.54, 1.807) is 0 Å². The van der Waals surface area contributed by atoms with E-state index < -0.39 is 0 Å². The lowest BCUT2D eigenvalue weighted by molar-refractivity contribution is -0.126. The fourth-order valence-corrected chi connectivity index (χ4v) is 2.94. The van der Waals surface area contributed by atoms with Crippen LogP contribution in [-0.2, 0) is 9.53 Å². The Morgan fingerprint density at radius 2 is 2.14 bits per heavy atom. The molecular weight excluding hydrogens is 268 g/mol. The monoisotopic (exact) mass is 290 g/mol. The Labute approximate surface area is 124 Å². The van der Waals surface area contributed by atoms with Crippen LogP contribution in [0, 0.1) is 5.92 Å². The first kappa shape index (κ1) is 14.3. The highest BCUT2D eigenvalue weighted by Gasteiger charge is 2.33. The van der Waals surface area contributed by atoms with Gasteiger partial charge in [-0.2, -0.15) is 0 Å². The molecule has 0 radical (unpaired) electrons. The minimum Gasteiger partial charge on any atom is -0.379 e. The van der Waals surface area contributed by atoms with E-state index in [9.17, 15) is 4.79 Å². The zero-order valence-corrected chi connectivity index (χ0v) is 12.1. The molecule has 6 heteroatoms. The second-order valence-electron chi connectivity index (χ2n) is 5.77. The molecule has 2 aliphatic rings. The van der Waals surface area contributed by atoms with Crippen molar-refractivity contribution in [3.8, 4) is 0 Å². The fourth-order valence-electron chi connectivity index (χ4n) is 2.94. The van der Waals surface area contributed by atoms with E-state index in [-0.39, 0.29) is 23.9 Å². The van der Waals surface area contributed by atoms with E-state index in [1.165, 1.54) is 0 Å². The summed E-state index contributed by atoms with van der Waals surface area (Å²) in [5, 5.41) is 3.12. The molecule has 2 unspecified atom stereocenters. The van der Waals surface area contributed by atoms with Crippen molar-refractivity contribution in [3.05, 3.63) is 24.4 Å². The molecule has 0 bridgehead atoms. The maximum atomic E-state index is 12.2. The number of carbonyl (C=O) groups excluding carboxylic acids is 1. The number of hydrogen-bond acceptors (Lipinski definition) is 5. The maximum Gasteiger partial charge on any atom is 0.227 e. The molecule has 114 valence electrons. The van der Waals surface area contributed by atoms with Crippen LogP contribution >= 0.6 is 0 Å². The van der Waals surface area contributed by atoms with Gasteiger partial charge in [0.15, 0.2) is 0 Å². The van der Waals surface area contributed by atoms with Crippen molar-refractivity contribution in [1.82, 2.24) is 10.3 Å². The number of piperidine rings is 1. The normalized spacial score (nSPS) is 26.8. The van der Waals surface area contributed by atoms with E-state index >= 15 is 0 Å². The number of amides is 1. The Hall–Kier alpha value is -1.66. The largest absolute Gasteiger partial charge is 0.379 e. The molecule has 2 saturated heterocycles. The second kappa shape index (κ2) is 6.41. The molecule has 21 heavy (non-hydrogen) atoms. The van der Waals surface area contributed by atoms with E-state index in [1.807, 2.05) is 24.4 Å². The molecule has 0 saturated carbocycles. The first-order valence-corrected chi connectivity index (χ1v) is 7.54. The average Bonchev–Trinajstić information content (AvgIpc) is 2.95. The molecule has 1 aromatic heterocycles. The first-order valence-electron chi connectivity index (χ1n) is 7.54. The third kappa shape index (κ3) is 3.33. The number of hydrogen-bond donors (Lipinski definition) is 2. The van der Waals surface area contributed by atoms with Crippen LogP contribution < -0.4 is 16.0 Å². The van der Waals surface area contributed by atoms with Crippen LogP contribution in [0.15, 0.2) is 24.4 Å². The third-order valence-electron chi connectivity index (χ3n) is 4.28. The summed E-state index contributed by atoms with van der Waals surface area (Å²) in [7, 11) is 0. The minimum atomic E-state index is -0.196. The smallest absolute Gasteiger partial charge is 0.227 e. The first-order chi connectivity index (χ1) is 10.2. The summed E-state index contributed by atoms with van der Waals surface area (Å²) in [4.78, 5) is 18.8. The lowest BCUT2D eigenvalue weighted by atomic mass is 10.0. The number of pyridine rings is 1. The van der Waals surface area contributed by atoms with Crippen LogP contribution in [0.5, 0.6) is 0 Å². The third-order valence-corrected chi connectivity index (χ3v) is 4.28. The molecule has 2 atom stereocenters. The number of nitrogens with two attached hydrogens (primary N) is 1. The molecule has 0 aliphatic carbocycles. The summed E-state index contributed by atoms with van der Waals surface area (Å²) in [5.74, 6) is 0.851. The number of rotatable bonds is 3. The molecular formula is C15H22N4O2. The van der Waals surface area contributed by atoms with E-state index in [0.717, 1.165) is 31.7 Å². The number of carbonyl (C=O) groups is 1. The van der Waals surface area contributed by atoms with Gasteiger partial charge in [-0.05, 0) is 25.0 Å². The second-order valence-corrected chi connectivity index (χ2v) is 5.77. The van der Waals surface area contributed by atoms with Crippen LogP contribution in [-0.4, -0.2) is 49.3 Å². The predicted octanol–water partition coefficient (Wildman–Crippen LogP) is 0.140. The van der Waals surface area contributed by atoms with Crippen LogP contribution in [0.2, 0.25) is 0 Å². The number of nitrogens with zero attached hydrogens (tertiary/aromatic N) is 2. The molecule has 3 heterocycles. The summed E-state index contributed by atoms with van der Waals surface area (Å²) in [6, 6.07) is 6.00. The topological polar surface area (TPSA) is 80.5 Å². The van der Waals surface area contributed by atoms with Crippen molar-refractivity contribution in [2.75, 3.05) is 31.2 Å². The van der Waals surface area contributed by atoms with Gasteiger partial charge in [-0.25, -0.2) is 4.98 Å². The number of aromatic nitrogens is 1. The lowest BCUT2D eigenvalue weighted by Crippen LogP contribution is -2.49. The lowest BCUT2D eigenvalue weighted by Gasteiger charge is -2.33. The van der Waals surface area contributed by atoms with Crippen LogP contribution in [0.3, 0.4) is 0 Å². The highest BCUT2D eigenvalue weighted by atomic mass is 16.5. The number of nitrogens with one attached hydrogen (secondary N) is 1. The van der Waals surface area contributed by atoms with Gasteiger partial charge in [0.05, 0.1) is 19.1 Å². The van der Waals surface area contributed by atoms with Crippen LogP contribution in [0.1, 0.15) is 12.8 Å². The number of ether oxygens (including phenoxy) is 1. The standard InChI is InChI=1S/C15H22N4O2/c16-13-10-21-9-12(13)15(20)18-11-4-7-19(8-5-11)14-3-1-2-6-17-14/h1-3,6,11-13H,4-5,7-10,16H2,(H,18,20). The Morgan fingerprint density at radius 1 is 1.33 bits per heavy atom. The van der Waals surface area contributed by atoms with Gasteiger partial charge in [-0.15, -0.1) is 0 Å². The maximum absolute atomic E-state index is 12.2. The summed E-state index contributed by atoms with van der Waals surface area (Å²) >= 11 is 0. The quantitative estimate of drug-likeness (QED) is 0.828. The van der Waals surface area contributed by atoms with Gasteiger partial charge in [0, 0.05) is 31.4 Å².